The number of carbonyl (C=O) groups excluding carboxylic acids is 9. The molecule has 41 heavy (non-hydrogen) atoms. The second-order valence-electron chi connectivity index (χ2n) is 8.30. The first-order valence-electron chi connectivity index (χ1n) is 11.5. The van der Waals surface area contributed by atoms with Gasteiger partial charge in [-0.15, -0.1) is 0 Å². The number of carboxylic acid groups (broad SMARTS) is 1. The Bertz CT molecular complexity index is 1080. The molecule has 0 aromatic carbocycles. The molecule has 0 fully saturated rings. The second kappa shape index (κ2) is 17.3. The van der Waals surface area contributed by atoms with Crippen LogP contribution in [0.15, 0.2) is 0 Å². The van der Waals surface area contributed by atoms with Gasteiger partial charge in [0.15, 0.2) is 0 Å². The first-order chi connectivity index (χ1) is 19.0. The lowest BCUT2D eigenvalue weighted by Crippen LogP contribution is -2.59. The summed E-state index contributed by atoms with van der Waals surface area (Å²) in [5.41, 5.74) is 25.3. The fourth-order valence-corrected chi connectivity index (χ4v) is 2.95. The van der Waals surface area contributed by atoms with Gasteiger partial charge >= 0.3 is 5.97 Å². The third-order valence-corrected chi connectivity index (χ3v) is 4.78. The molecule has 16 N–H and O–H groups in total. The van der Waals surface area contributed by atoms with E-state index < -0.39 is 122 Å². The van der Waals surface area contributed by atoms with Crippen LogP contribution in [0.5, 0.6) is 0 Å². The lowest BCUT2D eigenvalue weighted by atomic mass is 10.1. The molecule has 0 aliphatic rings. The number of amides is 9. The Morgan fingerprint density at radius 1 is 0.512 bits per heavy atom. The second-order valence-corrected chi connectivity index (χ2v) is 8.30. The number of hydrogen-bond acceptors (Lipinski definition) is 11. The molecule has 0 aliphatic carbocycles. The van der Waals surface area contributed by atoms with E-state index in [0.717, 1.165) is 0 Å². The maximum atomic E-state index is 12.9. The fourth-order valence-electron chi connectivity index (χ4n) is 2.95. The highest BCUT2D eigenvalue weighted by Gasteiger charge is 2.33. The zero-order valence-electron chi connectivity index (χ0n) is 21.5. The van der Waals surface area contributed by atoms with Crippen LogP contribution < -0.4 is 55.3 Å². The van der Waals surface area contributed by atoms with E-state index in [2.05, 4.69) is 10.6 Å². The van der Waals surface area contributed by atoms with Crippen molar-refractivity contribution in [3.8, 4) is 0 Å². The van der Waals surface area contributed by atoms with Gasteiger partial charge in [0.2, 0.25) is 53.2 Å². The Morgan fingerprint density at radius 3 is 1.15 bits per heavy atom. The van der Waals surface area contributed by atoms with Gasteiger partial charge in [-0.05, 0) is 0 Å². The van der Waals surface area contributed by atoms with Gasteiger partial charge in [-0.25, -0.2) is 4.79 Å². The van der Waals surface area contributed by atoms with Gasteiger partial charge in [-0.3, -0.25) is 43.2 Å². The lowest BCUT2D eigenvalue weighted by molar-refractivity contribution is -0.144. The van der Waals surface area contributed by atoms with Crippen molar-refractivity contribution < 1.29 is 53.1 Å². The average Bonchev–Trinajstić information content (AvgIpc) is 2.84. The predicted molar refractivity (Wildman–Crippen MR) is 133 cm³/mol. The molecule has 0 radical (unpaired) electrons. The van der Waals surface area contributed by atoms with Crippen molar-refractivity contribution in [3.05, 3.63) is 0 Å². The number of hydrogen-bond donors (Lipinski definition) is 11. The largest absolute Gasteiger partial charge is 0.480 e. The summed E-state index contributed by atoms with van der Waals surface area (Å²) >= 11 is 0. The van der Waals surface area contributed by atoms with Crippen LogP contribution in [-0.4, -0.2) is 101 Å². The minimum absolute atomic E-state index is 0.445. The normalized spacial score (nSPS) is 13.2. The van der Waals surface area contributed by atoms with Gasteiger partial charge in [0, 0.05) is 0 Å². The van der Waals surface area contributed by atoms with Crippen molar-refractivity contribution >= 4 is 59.1 Å². The number of nitrogens with two attached hydrogens (primary N) is 5. The lowest BCUT2D eigenvalue weighted by Gasteiger charge is -2.25. The van der Waals surface area contributed by atoms with Gasteiger partial charge in [0.05, 0.1) is 38.8 Å². The van der Waals surface area contributed by atoms with Crippen molar-refractivity contribution in [2.45, 2.75) is 49.9 Å². The number of nitrogens with one attached hydrogen (secondary N) is 5. The molecule has 9 amide bonds. The molecule has 228 valence electrons. The van der Waals surface area contributed by atoms with E-state index in [1.165, 1.54) is 0 Å². The molecule has 0 aliphatic heterocycles. The molecule has 0 bridgehead atoms. The smallest absolute Gasteiger partial charge is 0.326 e. The molecule has 0 aromatic heterocycles. The molecule has 0 saturated carbocycles. The summed E-state index contributed by atoms with van der Waals surface area (Å²) in [6.45, 7) is -1.10. The minimum Gasteiger partial charge on any atom is -0.480 e. The number of rotatable bonds is 19. The van der Waals surface area contributed by atoms with Crippen LogP contribution in [-0.2, 0) is 47.9 Å². The van der Waals surface area contributed by atoms with Gasteiger partial charge < -0.3 is 60.4 Å². The summed E-state index contributed by atoms with van der Waals surface area (Å²) in [5, 5.41) is 19.3. The molecule has 0 heterocycles. The van der Waals surface area contributed by atoms with E-state index in [1.54, 1.807) is 0 Å². The zero-order chi connectivity index (χ0) is 31.9. The first kappa shape index (κ1) is 35.7. The molecular weight excluding hydrogens is 556 g/mol. The van der Waals surface area contributed by atoms with Crippen LogP contribution in [0.4, 0.5) is 0 Å². The van der Waals surface area contributed by atoms with E-state index >= 15 is 0 Å². The Balaban J connectivity index is 5.84. The summed E-state index contributed by atoms with van der Waals surface area (Å²) in [6, 6.07) is -7.29. The number of carbonyl (C=O) groups is 10. The highest BCUT2D eigenvalue weighted by Crippen LogP contribution is 2.02. The Labute approximate surface area is 231 Å². The molecular formula is C20H32N10O11. The van der Waals surface area contributed by atoms with E-state index in [4.69, 9.17) is 33.8 Å². The highest BCUT2D eigenvalue weighted by atomic mass is 16.4. The van der Waals surface area contributed by atoms with Crippen LogP contribution in [0.25, 0.3) is 0 Å². The van der Waals surface area contributed by atoms with E-state index in [0.29, 0.717) is 0 Å². The summed E-state index contributed by atoms with van der Waals surface area (Å²) in [4.78, 5) is 118. The number of primary amides is 4. The van der Waals surface area contributed by atoms with Crippen LogP contribution in [0.1, 0.15) is 25.7 Å². The molecule has 0 rings (SSSR count). The third kappa shape index (κ3) is 15.0. The minimum atomic E-state index is -1.87. The van der Waals surface area contributed by atoms with Gasteiger partial charge in [0.25, 0.3) is 0 Å². The average molecular weight is 589 g/mol. The standard InChI is InChI=1S/C20H32N10O11/c21-5-15(35)26-6-16(36)27-7(1-11(22)31)17(37)28-8(2-12(23)32)18(38)29-9(3-13(24)33)19(39)30-10(20(40)41)4-14(25)34/h7-10H,1-6,21H2,(H2,22,31)(H2,23,32)(H2,24,33)(H2,25,34)(H,26,35)(H,27,36)(H,28,37)(H,29,38)(H,30,39)(H,40,41)/t7-,8-,9-,10-/m0/s1. The third-order valence-electron chi connectivity index (χ3n) is 4.78. The Morgan fingerprint density at radius 2 is 0.829 bits per heavy atom. The van der Waals surface area contributed by atoms with E-state index in [1.807, 2.05) is 16.0 Å². The summed E-state index contributed by atoms with van der Waals surface area (Å²) in [6.07, 6.45) is -3.43. The van der Waals surface area contributed by atoms with E-state index in [9.17, 15) is 47.9 Å². The maximum Gasteiger partial charge on any atom is 0.326 e. The molecule has 4 atom stereocenters. The van der Waals surface area contributed by atoms with Gasteiger partial charge in [-0.1, -0.05) is 0 Å². The monoisotopic (exact) mass is 588 g/mol. The summed E-state index contributed by atoms with van der Waals surface area (Å²) in [7, 11) is 0. The van der Waals surface area contributed by atoms with Gasteiger partial charge in [0.1, 0.15) is 24.2 Å². The molecule has 0 aromatic rings. The van der Waals surface area contributed by atoms with E-state index in [-0.39, 0.29) is 0 Å². The Kier molecular flexibility index (Phi) is 15.0. The zero-order valence-corrected chi connectivity index (χ0v) is 21.5. The van der Waals surface area contributed by atoms with Crippen molar-refractivity contribution in [3.63, 3.8) is 0 Å². The quantitative estimate of drug-likeness (QED) is 0.0670. The van der Waals surface area contributed by atoms with Crippen LogP contribution in [0.2, 0.25) is 0 Å². The highest BCUT2D eigenvalue weighted by molar-refractivity contribution is 5.99. The molecule has 0 saturated heterocycles. The maximum absolute atomic E-state index is 12.9. The topological polar surface area (TPSA) is 381 Å². The SMILES string of the molecule is NCC(=O)NCC(=O)N[C@@H](CC(N)=O)C(=O)N[C@@H](CC(N)=O)C(=O)N[C@@H](CC(N)=O)C(=O)N[C@@H](CC(N)=O)C(=O)O. The van der Waals surface area contributed by atoms with Crippen molar-refractivity contribution in [1.29, 1.82) is 0 Å². The summed E-state index contributed by atoms with van der Waals surface area (Å²) in [5.74, 6) is -11.7. The molecule has 0 unspecified atom stereocenters. The fraction of sp³-hybridized carbons (Fsp3) is 0.500. The number of carboxylic acids is 1. The summed E-state index contributed by atoms with van der Waals surface area (Å²) < 4.78 is 0. The van der Waals surface area contributed by atoms with Crippen LogP contribution >= 0.6 is 0 Å². The van der Waals surface area contributed by atoms with Crippen LogP contribution in [0.3, 0.4) is 0 Å². The Hall–Kier alpha value is -5.34. The van der Waals surface area contributed by atoms with Gasteiger partial charge in [-0.2, -0.15) is 0 Å². The van der Waals surface area contributed by atoms with Crippen molar-refractivity contribution in [1.82, 2.24) is 26.6 Å². The predicted octanol–water partition coefficient (Wildman–Crippen LogP) is -8.41. The molecule has 21 nitrogen and oxygen atoms in total. The van der Waals surface area contributed by atoms with Crippen molar-refractivity contribution in [2.75, 3.05) is 13.1 Å². The number of aliphatic carboxylic acids is 1. The van der Waals surface area contributed by atoms with Crippen LogP contribution in [0, 0.1) is 0 Å². The first-order valence-corrected chi connectivity index (χ1v) is 11.5. The molecule has 21 heteroatoms. The van der Waals surface area contributed by atoms with Crippen molar-refractivity contribution in [2.24, 2.45) is 28.7 Å². The molecule has 0 spiro atoms.